The third kappa shape index (κ3) is 3.08. The van der Waals surface area contributed by atoms with Crippen LogP contribution < -0.4 is 10.6 Å². The van der Waals surface area contributed by atoms with Gasteiger partial charge in [0, 0.05) is 17.3 Å². The quantitative estimate of drug-likeness (QED) is 0.784. The number of carbonyl (C=O) groups is 2. The number of thioether (sulfide) groups is 1. The number of aromatic carboxylic acids is 1. The summed E-state index contributed by atoms with van der Waals surface area (Å²) in [5, 5.41) is 15.0. The third-order valence-electron chi connectivity index (χ3n) is 3.20. The van der Waals surface area contributed by atoms with Crippen molar-refractivity contribution in [3.63, 3.8) is 0 Å². The summed E-state index contributed by atoms with van der Waals surface area (Å²) in [5.41, 5.74) is 2.33. The molecule has 19 heavy (non-hydrogen) atoms. The Hall–Kier alpha value is -1.53. The van der Waals surface area contributed by atoms with Gasteiger partial charge < -0.3 is 10.4 Å². The Morgan fingerprint density at radius 1 is 1.42 bits per heavy atom. The highest BCUT2D eigenvalue weighted by atomic mass is 32.2. The Bertz CT molecular complexity index is 525. The summed E-state index contributed by atoms with van der Waals surface area (Å²) in [7, 11) is 0. The van der Waals surface area contributed by atoms with E-state index >= 15 is 0 Å². The van der Waals surface area contributed by atoms with Gasteiger partial charge in [0.1, 0.15) is 0 Å². The molecule has 1 heterocycles. The number of carboxylic acids is 1. The number of anilines is 1. The number of benzene rings is 1. The molecule has 1 aromatic rings. The van der Waals surface area contributed by atoms with E-state index in [0.29, 0.717) is 5.69 Å². The van der Waals surface area contributed by atoms with E-state index < -0.39 is 5.97 Å². The van der Waals surface area contributed by atoms with Crippen LogP contribution in [0.2, 0.25) is 0 Å². The molecule has 1 aliphatic rings. The van der Waals surface area contributed by atoms with Gasteiger partial charge in [0.25, 0.3) is 0 Å². The number of hydrogen-bond donors (Lipinski definition) is 3. The van der Waals surface area contributed by atoms with E-state index in [1.54, 1.807) is 24.8 Å². The molecule has 0 bridgehead atoms. The molecule has 0 spiro atoms. The summed E-state index contributed by atoms with van der Waals surface area (Å²) in [5.74, 6) is 0.407. The van der Waals surface area contributed by atoms with E-state index in [0.717, 1.165) is 22.8 Å². The van der Waals surface area contributed by atoms with Crippen molar-refractivity contribution in [2.75, 3.05) is 16.9 Å². The molecule has 3 N–H and O–H groups in total. The maximum absolute atomic E-state index is 12.0. The first-order valence-electron chi connectivity index (χ1n) is 5.95. The molecule has 0 radical (unpaired) electrons. The number of nitrogens with one attached hydrogen (secondary N) is 2. The molecule has 1 aromatic carbocycles. The second-order valence-electron chi connectivity index (χ2n) is 4.53. The second-order valence-corrected chi connectivity index (χ2v) is 5.56. The largest absolute Gasteiger partial charge is 0.478 e. The van der Waals surface area contributed by atoms with E-state index in [-0.39, 0.29) is 17.5 Å². The molecular formula is C13H16N2O3S. The third-order valence-corrected chi connectivity index (χ3v) is 4.14. The van der Waals surface area contributed by atoms with Crippen LogP contribution in [0.4, 0.5) is 5.69 Å². The van der Waals surface area contributed by atoms with E-state index in [9.17, 15) is 9.59 Å². The second kappa shape index (κ2) is 5.63. The highest BCUT2D eigenvalue weighted by Crippen LogP contribution is 2.21. The molecule has 1 fully saturated rings. The van der Waals surface area contributed by atoms with Crippen LogP contribution in [-0.2, 0) is 4.79 Å². The fraction of sp³-hybridized carbons (Fsp3) is 0.385. The van der Waals surface area contributed by atoms with Crippen molar-refractivity contribution < 1.29 is 14.7 Å². The summed E-state index contributed by atoms with van der Waals surface area (Å²) < 4.78 is 0. The summed E-state index contributed by atoms with van der Waals surface area (Å²) in [6, 6.07) is 3.09. The molecule has 1 aliphatic heterocycles. The molecule has 1 unspecified atom stereocenters. The van der Waals surface area contributed by atoms with Gasteiger partial charge in [-0.15, -0.1) is 11.8 Å². The molecule has 1 atom stereocenters. The number of rotatable bonds is 3. The Morgan fingerprint density at radius 2 is 2.16 bits per heavy atom. The average Bonchev–Trinajstić information content (AvgIpc) is 2.86. The number of carboxylic acid groups (broad SMARTS) is 1. The molecule has 2 rings (SSSR count). The minimum atomic E-state index is -0.980. The molecule has 0 saturated carbocycles. The predicted octanol–water partition coefficient (Wildman–Crippen LogP) is 1.60. The predicted molar refractivity (Wildman–Crippen MR) is 75.8 cm³/mol. The fourth-order valence-corrected chi connectivity index (χ4v) is 2.89. The molecule has 6 heteroatoms. The lowest BCUT2D eigenvalue weighted by atomic mass is 10.0. The minimum Gasteiger partial charge on any atom is -0.478 e. The van der Waals surface area contributed by atoms with Crippen molar-refractivity contribution in [1.29, 1.82) is 0 Å². The van der Waals surface area contributed by atoms with Gasteiger partial charge in [0.2, 0.25) is 5.91 Å². The number of amides is 1. The van der Waals surface area contributed by atoms with Gasteiger partial charge in [0.15, 0.2) is 0 Å². The van der Waals surface area contributed by atoms with Crippen LogP contribution in [0.5, 0.6) is 0 Å². The molecular weight excluding hydrogens is 264 g/mol. The van der Waals surface area contributed by atoms with Crippen molar-refractivity contribution >= 4 is 29.3 Å². The molecule has 0 aromatic heterocycles. The van der Waals surface area contributed by atoms with Crippen LogP contribution in [-0.4, -0.2) is 34.7 Å². The summed E-state index contributed by atoms with van der Waals surface area (Å²) in [6.07, 6.45) is 0. The summed E-state index contributed by atoms with van der Waals surface area (Å²) in [6.45, 7) is 3.60. The zero-order valence-corrected chi connectivity index (χ0v) is 11.6. The lowest BCUT2D eigenvalue weighted by Gasteiger charge is -2.13. The maximum atomic E-state index is 12.0. The van der Waals surface area contributed by atoms with Crippen molar-refractivity contribution in [2.45, 2.75) is 19.9 Å². The lowest BCUT2D eigenvalue weighted by molar-refractivity contribution is -0.117. The van der Waals surface area contributed by atoms with Crippen molar-refractivity contribution in [2.24, 2.45) is 0 Å². The minimum absolute atomic E-state index is 0.121. The van der Waals surface area contributed by atoms with E-state index in [1.807, 2.05) is 6.92 Å². The Morgan fingerprint density at radius 3 is 2.74 bits per heavy atom. The Labute approximate surface area is 115 Å². The Kier molecular flexibility index (Phi) is 4.11. The summed E-state index contributed by atoms with van der Waals surface area (Å²) >= 11 is 1.67. The summed E-state index contributed by atoms with van der Waals surface area (Å²) in [4.78, 5) is 23.1. The topological polar surface area (TPSA) is 78.4 Å². The van der Waals surface area contributed by atoms with Gasteiger partial charge >= 0.3 is 5.97 Å². The van der Waals surface area contributed by atoms with Gasteiger partial charge in [-0.05, 0) is 37.1 Å². The van der Waals surface area contributed by atoms with Crippen LogP contribution in [0.3, 0.4) is 0 Å². The molecule has 0 aliphatic carbocycles. The molecule has 1 saturated heterocycles. The SMILES string of the molecule is Cc1cc(NC(=O)C2CSCN2)cc(C(=O)O)c1C. The highest BCUT2D eigenvalue weighted by molar-refractivity contribution is 7.99. The van der Waals surface area contributed by atoms with Gasteiger partial charge in [-0.2, -0.15) is 0 Å². The normalized spacial score (nSPS) is 18.3. The fourth-order valence-electron chi connectivity index (χ4n) is 1.95. The maximum Gasteiger partial charge on any atom is 0.336 e. The van der Waals surface area contributed by atoms with Crippen molar-refractivity contribution in [1.82, 2.24) is 5.32 Å². The number of aryl methyl sites for hydroxylation is 1. The zero-order chi connectivity index (χ0) is 14.0. The van der Waals surface area contributed by atoms with Gasteiger partial charge in [-0.3, -0.25) is 10.1 Å². The van der Waals surface area contributed by atoms with Gasteiger partial charge in [0.05, 0.1) is 11.6 Å². The molecule has 102 valence electrons. The van der Waals surface area contributed by atoms with Crippen LogP contribution in [0.1, 0.15) is 21.5 Å². The zero-order valence-electron chi connectivity index (χ0n) is 10.8. The van der Waals surface area contributed by atoms with E-state index in [4.69, 9.17) is 5.11 Å². The van der Waals surface area contributed by atoms with Crippen LogP contribution in [0, 0.1) is 13.8 Å². The van der Waals surface area contributed by atoms with Gasteiger partial charge in [-0.25, -0.2) is 4.79 Å². The smallest absolute Gasteiger partial charge is 0.336 e. The van der Waals surface area contributed by atoms with Crippen LogP contribution in [0.15, 0.2) is 12.1 Å². The van der Waals surface area contributed by atoms with Crippen molar-refractivity contribution in [3.05, 3.63) is 28.8 Å². The van der Waals surface area contributed by atoms with Gasteiger partial charge in [-0.1, -0.05) is 0 Å². The Balaban J connectivity index is 2.20. The first-order valence-corrected chi connectivity index (χ1v) is 7.11. The van der Waals surface area contributed by atoms with E-state index in [1.165, 1.54) is 6.07 Å². The highest BCUT2D eigenvalue weighted by Gasteiger charge is 2.23. The monoisotopic (exact) mass is 280 g/mol. The first kappa shape index (κ1) is 13.9. The van der Waals surface area contributed by atoms with Crippen LogP contribution >= 0.6 is 11.8 Å². The molecule has 1 amide bonds. The van der Waals surface area contributed by atoms with Crippen LogP contribution in [0.25, 0.3) is 0 Å². The first-order chi connectivity index (χ1) is 8.99. The van der Waals surface area contributed by atoms with Crippen molar-refractivity contribution in [3.8, 4) is 0 Å². The van der Waals surface area contributed by atoms with E-state index in [2.05, 4.69) is 10.6 Å². The number of carbonyl (C=O) groups excluding carboxylic acids is 1. The average molecular weight is 280 g/mol. The number of hydrogen-bond acceptors (Lipinski definition) is 4. The lowest BCUT2D eigenvalue weighted by Crippen LogP contribution is -2.37. The standard InChI is InChI=1S/C13H16N2O3S/c1-7-3-9(4-10(8(7)2)13(17)18)15-12(16)11-5-19-6-14-11/h3-4,11,14H,5-6H2,1-2H3,(H,15,16)(H,17,18). The molecule has 5 nitrogen and oxygen atoms in total.